The van der Waals surface area contributed by atoms with Crippen LogP contribution in [0.4, 0.5) is 0 Å². The average Bonchev–Trinajstić information content (AvgIpc) is 2.04. The second-order valence-electron chi connectivity index (χ2n) is 2.19. The topological polar surface area (TPSA) is 74.6 Å². The Labute approximate surface area is 89.7 Å². The zero-order valence-corrected chi connectivity index (χ0v) is 8.49. The summed E-state index contributed by atoms with van der Waals surface area (Å²) in [7, 11) is 0. The fourth-order valence-electron chi connectivity index (χ4n) is 0.755. The Hall–Kier alpha value is -1.10. The second-order valence-corrected chi connectivity index (χ2v) is 2.19. The predicted molar refractivity (Wildman–Crippen MR) is 40.4 cm³/mol. The van der Waals surface area contributed by atoms with Crippen molar-refractivity contribution in [2.24, 2.45) is 0 Å². The Morgan fingerprint density at radius 1 is 0.846 bits per heavy atom. The maximum absolute atomic E-state index is 10.3. The molecule has 0 aliphatic carbocycles. The number of carboxylic acids is 2. The van der Waals surface area contributed by atoms with Crippen molar-refractivity contribution in [3.8, 4) is 0 Å². The van der Waals surface area contributed by atoms with E-state index in [9.17, 15) is 9.59 Å². The molecule has 0 heterocycles. The van der Waals surface area contributed by atoms with Gasteiger partial charge in [-0.2, -0.15) is 0 Å². The van der Waals surface area contributed by atoms with E-state index in [2.05, 4.69) is 0 Å². The SMILES string of the molecule is O=C(O)c1ccc(C(=O)O)cc1.[Au]. The number of carboxylic acid groups (broad SMARTS) is 2. The van der Waals surface area contributed by atoms with Crippen molar-refractivity contribution < 1.29 is 42.2 Å². The van der Waals surface area contributed by atoms with Crippen molar-refractivity contribution in [3.05, 3.63) is 35.4 Å². The third kappa shape index (κ3) is 3.02. The van der Waals surface area contributed by atoms with Crippen LogP contribution in [0, 0.1) is 0 Å². The normalized spacial score (nSPS) is 8.62. The van der Waals surface area contributed by atoms with Crippen molar-refractivity contribution in [3.63, 3.8) is 0 Å². The molecule has 1 aromatic carbocycles. The monoisotopic (exact) mass is 363 g/mol. The standard InChI is InChI=1S/C8H6O4.Au/c9-7(10)5-1-2-6(4-3-5)8(11)12;/h1-4H,(H,9,10)(H,11,12);. The Bertz CT molecular complexity index is 284. The summed E-state index contributed by atoms with van der Waals surface area (Å²) >= 11 is 0. The van der Waals surface area contributed by atoms with E-state index in [1.165, 1.54) is 24.3 Å². The van der Waals surface area contributed by atoms with Crippen LogP contribution >= 0.6 is 0 Å². The first-order valence-electron chi connectivity index (χ1n) is 3.18. The number of benzene rings is 1. The molecule has 1 rings (SSSR count). The Morgan fingerprint density at radius 3 is 1.23 bits per heavy atom. The molecule has 0 amide bonds. The van der Waals surface area contributed by atoms with Crippen molar-refractivity contribution in [2.45, 2.75) is 0 Å². The number of hydrogen-bond donors (Lipinski definition) is 2. The molecule has 0 atom stereocenters. The Balaban J connectivity index is 0.00000144. The zero-order valence-electron chi connectivity index (χ0n) is 6.32. The minimum atomic E-state index is -1.06. The molecule has 0 saturated carbocycles. The molecule has 0 unspecified atom stereocenters. The first kappa shape index (κ1) is 11.9. The summed E-state index contributed by atoms with van der Waals surface area (Å²) in [6.07, 6.45) is 0. The van der Waals surface area contributed by atoms with Gasteiger partial charge in [-0.15, -0.1) is 0 Å². The molecule has 4 nitrogen and oxygen atoms in total. The van der Waals surface area contributed by atoms with Gasteiger partial charge in [0.1, 0.15) is 0 Å². The predicted octanol–water partition coefficient (Wildman–Crippen LogP) is 1.08. The van der Waals surface area contributed by atoms with Crippen LogP contribution in [0.5, 0.6) is 0 Å². The van der Waals surface area contributed by atoms with Gasteiger partial charge in [0, 0.05) is 22.4 Å². The van der Waals surface area contributed by atoms with E-state index in [4.69, 9.17) is 10.2 Å². The van der Waals surface area contributed by atoms with E-state index < -0.39 is 11.9 Å². The maximum atomic E-state index is 10.3. The molecule has 0 spiro atoms. The Kier molecular flexibility index (Phi) is 4.41. The first-order chi connectivity index (χ1) is 5.61. The molecule has 1 aromatic rings. The molecule has 0 aliphatic rings. The second kappa shape index (κ2) is 4.81. The van der Waals surface area contributed by atoms with Gasteiger partial charge in [0.15, 0.2) is 0 Å². The average molecular weight is 363 g/mol. The van der Waals surface area contributed by atoms with E-state index in [1.54, 1.807) is 0 Å². The van der Waals surface area contributed by atoms with Crippen LogP contribution in [0.1, 0.15) is 20.7 Å². The number of carbonyl (C=O) groups is 2. The van der Waals surface area contributed by atoms with E-state index in [-0.39, 0.29) is 33.5 Å². The van der Waals surface area contributed by atoms with E-state index >= 15 is 0 Å². The van der Waals surface area contributed by atoms with E-state index in [1.807, 2.05) is 0 Å². The summed E-state index contributed by atoms with van der Waals surface area (Å²) < 4.78 is 0. The molecule has 0 saturated heterocycles. The molecular weight excluding hydrogens is 357 g/mol. The van der Waals surface area contributed by atoms with E-state index in [0.717, 1.165) is 0 Å². The van der Waals surface area contributed by atoms with Crippen molar-refractivity contribution in [1.82, 2.24) is 0 Å². The molecule has 2 N–H and O–H groups in total. The number of aromatic carboxylic acids is 2. The summed E-state index contributed by atoms with van der Waals surface area (Å²) in [6.45, 7) is 0. The van der Waals surface area contributed by atoms with Crippen molar-refractivity contribution in [1.29, 1.82) is 0 Å². The van der Waals surface area contributed by atoms with Crippen molar-refractivity contribution >= 4 is 11.9 Å². The molecule has 13 heavy (non-hydrogen) atoms. The summed E-state index contributed by atoms with van der Waals surface area (Å²) in [5.74, 6) is -2.13. The molecule has 0 aromatic heterocycles. The molecule has 5 heteroatoms. The fourth-order valence-corrected chi connectivity index (χ4v) is 0.755. The molecule has 73 valence electrons. The van der Waals surface area contributed by atoms with Crippen LogP contribution < -0.4 is 0 Å². The van der Waals surface area contributed by atoms with Crippen molar-refractivity contribution in [2.75, 3.05) is 0 Å². The van der Waals surface area contributed by atoms with Gasteiger partial charge in [0.25, 0.3) is 0 Å². The van der Waals surface area contributed by atoms with Crippen LogP contribution in [0.25, 0.3) is 0 Å². The minimum absolute atomic E-state index is 0. The molecule has 0 fully saturated rings. The van der Waals surface area contributed by atoms with Gasteiger partial charge >= 0.3 is 11.9 Å². The first-order valence-corrected chi connectivity index (χ1v) is 3.18. The van der Waals surface area contributed by atoms with Gasteiger partial charge in [-0.3, -0.25) is 0 Å². The van der Waals surface area contributed by atoms with Gasteiger partial charge < -0.3 is 10.2 Å². The fraction of sp³-hybridized carbons (Fsp3) is 0. The quantitative estimate of drug-likeness (QED) is 0.772. The van der Waals surface area contributed by atoms with Gasteiger partial charge in [-0.25, -0.2) is 9.59 Å². The van der Waals surface area contributed by atoms with Crippen LogP contribution in [-0.4, -0.2) is 22.2 Å². The van der Waals surface area contributed by atoms with Crippen LogP contribution in [0.3, 0.4) is 0 Å². The third-order valence-corrected chi connectivity index (χ3v) is 1.38. The number of hydrogen-bond acceptors (Lipinski definition) is 2. The van der Waals surface area contributed by atoms with Crippen LogP contribution in [0.15, 0.2) is 24.3 Å². The molecule has 1 radical (unpaired) electrons. The number of rotatable bonds is 2. The summed E-state index contributed by atoms with van der Waals surface area (Å²) in [6, 6.07) is 5.02. The third-order valence-electron chi connectivity index (χ3n) is 1.38. The largest absolute Gasteiger partial charge is 0.478 e. The molecule has 0 bridgehead atoms. The van der Waals surface area contributed by atoms with E-state index in [0.29, 0.717) is 0 Å². The summed E-state index contributed by atoms with van der Waals surface area (Å²) in [5.41, 5.74) is 0.167. The smallest absolute Gasteiger partial charge is 0.335 e. The summed E-state index contributed by atoms with van der Waals surface area (Å²) in [5, 5.41) is 16.9. The summed E-state index contributed by atoms with van der Waals surface area (Å²) in [4.78, 5) is 20.7. The molecule has 0 aliphatic heterocycles. The zero-order chi connectivity index (χ0) is 9.14. The minimum Gasteiger partial charge on any atom is -0.478 e. The van der Waals surface area contributed by atoms with Gasteiger partial charge in [-0.1, -0.05) is 0 Å². The maximum Gasteiger partial charge on any atom is 0.335 e. The van der Waals surface area contributed by atoms with Gasteiger partial charge in [0.05, 0.1) is 11.1 Å². The van der Waals surface area contributed by atoms with Gasteiger partial charge in [-0.05, 0) is 24.3 Å². The van der Waals surface area contributed by atoms with Crippen LogP contribution in [-0.2, 0) is 22.4 Å². The molecular formula is C8H6AuO4. The van der Waals surface area contributed by atoms with Crippen LogP contribution in [0.2, 0.25) is 0 Å². The van der Waals surface area contributed by atoms with Gasteiger partial charge in [0.2, 0.25) is 0 Å². The Morgan fingerprint density at radius 2 is 1.08 bits per heavy atom.